The van der Waals surface area contributed by atoms with Crippen molar-refractivity contribution >= 4 is 0 Å². The summed E-state index contributed by atoms with van der Waals surface area (Å²) in [5.74, 6) is 1.49. The SMILES string of the molecule is COc1cccc(-c2cc(OC)ccc2C#N)c1. The van der Waals surface area contributed by atoms with E-state index in [-0.39, 0.29) is 0 Å². The third kappa shape index (κ3) is 2.28. The maximum atomic E-state index is 9.15. The summed E-state index contributed by atoms with van der Waals surface area (Å²) in [4.78, 5) is 0. The van der Waals surface area contributed by atoms with Gasteiger partial charge in [-0.3, -0.25) is 0 Å². The smallest absolute Gasteiger partial charge is 0.119 e. The monoisotopic (exact) mass is 239 g/mol. The normalized spacial score (nSPS) is 9.61. The van der Waals surface area contributed by atoms with Gasteiger partial charge in [-0.05, 0) is 35.9 Å². The van der Waals surface area contributed by atoms with Crippen molar-refractivity contribution in [1.29, 1.82) is 5.26 Å². The predicted molar refractivity (Wildman–Crippen MR) is 69.7 cm³/mol. The Bertz CT molecular complexity index is 600. The first-order chi connectivity index (χ1) is 8.78. The highest BCUT2D eigenvalue weighted by atomic mass is 16.5. The van der Waals surface area contributed by atoms with Gasteiger partial charge in [0, 0.05) is 5.56 Å². The van der Waals surface area contributed by atoms with E-state index in [4.69, 9.17) is 14.7 Å². The van der Waals surface area contributed by atoms with Gasteiger partial charge in [-0.1, -0.05) is 12.1 Å². The third-order valence-corrected chi connectivity index (χ3v) is 2.73. The van der Waals surface area contributed by atoms with Crippen molar-refractivity contribution < 1.29 is 9.47 Å². The summed E-state index contributed by atoms with van der Waals surface area (Å²) in [6, 6.07) is 15.2. The van der Waals surface area contributed by atoms with Crippen LogP contribution in [0.2, 0.25) is 0 Å². The molecule has 2 rings (SSSR count). The Morgan fingerprint density at radius 2 is 1.67 bits per heavy atom. The second kappa shape index (κ2) is 5.24. The van der Waals surface area contributed by atoms with Crippen LogP contribution in [0.5, 0.6) is 11.5 Å². The van der Waals surface area contributed by atoms with Gasteiger partial charge in [0.05, 0.1) is 25.9 Å². The molecule has 0 aliphatic rings. The second-order valence-electron chi connectivity index (χ2n) is 3.76. The summed E-state index contributed by atoms with van der Waals surface area (Å²) in [6.07, 6.45) is 0. The van der Waals surface area contributed by atoms with Gasteiger partial charge in [0.25, 0.3) is 0 Å². The fourth-order valence-electron chi connectivity index (χ4n) is 1.78. The number of nitrogens with zero attached hydrogens (tertiary/aromatic N) is 1. The Balaban J connectivity index is 2.57. The minimum atomic E-state index is 0.615. The highest BCUT2D eigenvalue weighted by Crippen LogP contribution is 2.29. The summed E-state index contributed by atoms with van der Waals surface area (Å²) in [7, 11) is 3.23. The van der Waals surface area contributed by atoms with Gasteiger partial charge < -0.3 is 9.47 Å². The Kier molecular flexibility index (Phi) is 3.49. The van der Waals surface area contributed by atoms with Crippen molar-refractivity contribution in [3.05, 3.63) is 48.0 Å². The van der Waals surface area contributed by atoms with Gasteiger partial charge in [0.2, 0.25) is 0 Å². The first-order valence-corrected chi connectivity index (χ1v) is 5.51. The number of ether oxygens (including phenoxy) is 2. The van der Waals surface area contributed by atoms with Gasteiger partial charge in [-0.2, -0.15) is 5.26 Å². The van der Waals surface area contributed by atoms with E-state index in [1.165, 1.54) is 0 Å². The zero-order valence-corrected chi connectivity index (χ0v) is 10.3. The van der Waals surface area contributed by atoms with Crippen LogP contribution in [0, 0.1) is 11.3 Å². The first-order valence-electron chi connectivity index (χ1n) is 5.51. The van der Waals surface area contributed by atoms with Crippen molar-refractivity contribution in [2.24, 2.45) is 0 Å². The molecule has 0 fully saturated rings. The summed E-state index contributed by atoms with van der Waals surface area (Å²) < 4.78 is 10.4. The largest absolute Gasteiger partial charge is 0.497 e. The van der Waals surface area contributed by atoms with Crippen LogP contribution in [0.15, 0.2) is 42.5 Å². The number of hydrogen-bond donors (Lipinski definition) is 0. The molecule has 0 amide bonds. The highest BCUT2D eigenvalue weighted by molar-refractivity contribution is 5.73. The standard InChI is InChI=1S/C15H13NO2/c1-17-13-5-3-4-11(8-13)15-9-14(18-2)7-6-12(15)10-16/h3-9H,1-2H3. The number of rotatable bonds is 3. The molecule has 2 aromatic carbocycles. The zero-order chi connectivity index (χ0) is 13.0. The lowest BCUT2D eigenvalue weighted by atomic mass is 10.00. The van der Waals surface area contributed by atoms with Crippen molar-refractivity contribution in [3.8, 4) is 28.7 Å². The third-order valence-electron chi connectivity index (χ3n) is 2.73. The molecule has 18 heavy (non-hydrogen) atoms. The Morgan fingerprint density at radius 1 is 0.944 bits per heavy atom. The predicted octanol–water partition coefficient (Wildman–Crippen LogP) is 3.24. The quantitative estimate of drug-likeness (QED) is 0.825. The molecule has 90 valence electrons. The number of hydrogen-bond acceptors (Lipinski definition) is 3. The number of benzene rings is 2. The molecule has 0 heterocycles. The van der Waals surface area contributed by atoms with E-state index in [0.717, 1.165) is 22.6 Å². The van der Waals surface area contributed by atoms with Gasteiger partial charge in [0.1, 0.15) is 11.5 Å². The fourth-order valence-corrected chi connectivity index (χ4v) is 1.78. The van der Waals surface area contributed by atoms with Crippen LogP contribution in [0.25, 0.3) is 11.1 Å². The molecule has 0 aliphatic carbocycles. The topological polar surface area (TPSA) is 42.2 Å². The Hall–Kier alpha value is -2.47. The maximum absolute atomic E-state index is 9.15. The molecule has 0 radical (unpaired) electrons. The van der Waals surface area contributed by atoms with Crippen molar-refractivity contribution in [1.82, 2.24) is 0 Å². The Labute approximate surface area is 106 Å². The lowest BCUT2D eigenvalue weighted by molar-refractivity contribution is 0.414. The molecule has 0 saturated carbocycles. The van der Waals surface area contributed by atoms with E-state index in [0.29, 0.717) is 5.56 Å². The number of methoxy groups -OCH3 is 2. The minimum absolute atomic E-state index is 0.615. The van der Waals surface area contributed by atoms with E-state index >= 15 is 0 Å². The van der Waals surface area contributed by atoms with Crippen molar-refractivity contribution in [2.75, 3.05) is 14.2 Å². The van der Waals surface area contributed by atoms with E-state index in [9.17, 15) is 0 Å². The highest BCUT2D eigenvalue weighted by Gasteiger charge is 2.07. The van der Waals surface area contributed by atoms with Crippen LogP contribution in [-0.4, -0.2) is 14.2 Å². The molecule has 0 aliphatic heterocycles. The summed E-state index contributed by atoms with van der Waals surface area (Å²) in [6.45, 7) is 0. The summed E-state index contributed by atoms with van der Waals surface area (Å²) in [5.41, 5.74) is 2.39. The molecule has 0 spiro atoms. The van der Waals surface area contributed by atoms with Crippen LogP contribution in [0.1, 0.15) is 5.56 Å². The maximum Gasteiger partial charge on any atom is 0.119 e. The van der Waals surface area contributed by atoms with Gasteiger partial charge >= 0.3 is 0 Å². The average molecular weight is 239 g/mol. The van der Waals surface area contributed by atoms with Gasteiger partial charge in [-0.15, -0.1) is 0 Å². The average Bonchev–Trinajstić information content (AvgIpc) is 2.46. The van der Waals surface area contributed by atoms with Crippen molar-refractivity contribution in [3.63, 3.8) is 0 Å². The van der Waals surface area contributed by atoms with Gasteiger partial charge in [-0.25, -0.2) is 0 Å². The Morgan fingerprint density at radius 3 is 2.33 bits per heavy atom. The van der Waals surface area contributed by atoms with E-state index in [1.807, 2.05) is 30.3 Å². The molecule has 2 aromatic rings. The zero-order valence-electron chi connectivity index (χ0n) is 10.3. The molecule has 0 unspecified atom stereocenters. The molecular formula is C15H13NO2. The summed E-state index contributed by atoms with van der Waals surface area (Å²) in [5, 5.41) is 9.15. The van der Waals surface area contributed by atoms with Gasteiger partial charge in [0.15, 0.2) is 0 Å². The van der Waals surface area contributed by atoms with Crippen LogP contribution in [0.4, 0.5) is 0 Å². The van der Waals surface area contributed by atoms with Crippen LogP contribution < -0.4 is 9.47 Å². The molecule has 0 aromatic heterocycles. The summed E-state index contributed by atoms with van der Waals surface area (Å²) >= 11 is 0. The van der Waals surface area contributed by atoms with Crippen LogP contribution in [0.3, 0.4) is 0 Å². The molecule has 3 heteroatoms. The van der Waals surface area contributed by atoms with Crippen LogP contribution >= 0.6 is 0 Å². The van der Waals surface area contributed by atoms with E-state index in [2.05, 4.69) is 6.07 Å². The second-order valence-corrected chi connectivity index (χ2v) is 3.76. The molecule has 0 bridgehead atoms. The molecule has 0 atom stereocenters. The van der Waals surface area contributed by atoms with Crippen LogP contribution in [-0.2, 0) is 0 Å². The fraction of sp³-hybridized carbons (Fsp3) is 0.133. The first kappa shape index (κ1) is 12.0. The van der Waals surface area contributed by atoms with E-state index in [1.54, 1.807) is 26.4 Å². The molecule has 0 saturated heterocycles. The molecule has 0 N–H and O–H groups in total. The lowest BCUT2D eigenvalue weighted by Gasteiger charge is -2.08. The molecular weight excluding hydrogens is 226 g/mol. The number of nitriles is 1. The van der Waals surface area contributed by atoms with Crippen molar-refractivity contribution in [2.45, 2.75) is 0 Å². The minimum Gasteiger partial charge on any atom is -0.497 e. The molecule has 3 nitrogen and oxygen atoms in total. The van der Waals surface area contributed by atoms with E-state index < -0.39 is 0 Å². The lowest BCUT2D eigenvalue weighted by Crippen LogP contribution is -1.89.